The SMILES string of the molecule is CCc1cc(N2CCN(C(=O)N(C)C)CC2)nc(-c2ccccn2)n1. The van der Waals surface area contributed by atoms with Crippen LogP contribution in [0.1, 0.15) is 12.6 Å². The third-order valence-electron chi connectivity index (χ3n) is 4.28. The highest BCUT2D eigenvalue weighted by Gasteiger charge is 2.23. The Morgan fingerprint density at radius 3 is 2.52 bits per heavy atom. The van der Waals surface area contributed by atoms with Crippen molar-refractivity contribution < 1.29 is 4.79 Å². The lowest BCUT2D eigenvalue weighted by molar-refractivity contribution is 0.168. The summed E-state index contributed by atoms with van der Waals surface area (Å²) in [6.07, 6.45) is 2.59. The van der Waals surface area contributed by atoms with E-state index in [1.165, 1.54) is 0 Å². The van der Waals surface area contributed by atoms with Crippen molar-refractivity contribution in [2.45, 2.75) is 13.3 Å². The smallest absolute Gasteiger partial charge is 0.319 e. The zero-order valence-electron chi connectivity index (χ0n) is 15.0. The second-order valence-corrected chi connectivity index (χ2v) is 6.26. The molecule has 1 aliphatic rings. The summed E-state index contributed by atoms with van der Waals surface area (Å²) in [4.78, 5) is 31.5. The molecule has 1 fully saturated rings. The molecule has 2 aromatic rings. The summed E-state index contributed by atoms with van der Waals surface area (Å²) in [5.41, 5.74) is 1.78. The van der Waals surface area contributed by atoms with E-state index >= 15 is 0 Å². The van der Waals surface area contributed by atoms with E-state index in [0.29, 0.717) is 18.9 Å². The van der Waals surface area contributed by atoms with Gasteiger partial charge in [-0.3, -0.25) is 4.98 Å². The van der Waals surface area contributed by atoms with Gasteiger partial charge in [0.1, 0.15) is 11.5 Å². The van der Waals surface area contributed by atoms with Crippen molar-refractivity contribution in [2.24, 2.45) is 0 Å². The summed E-state index contributed by atoms with van der Waals surface area (Å²) >= 11 is 0. The minimum absolute atomic E-state index is 0.0609. The Kier molecular flexibility index (Phi) is 5.11. The van der Waals surface area contributed by atoms with Crippen LogP contribution in [0.2, 0.25) is 0 Å². The maximum atomic E-state index is 12.1. The summed E-state index contributed by atoms with van der Waals surface area (Å²) in [6, 6.07) is 7.85. The molecule has 0 radical (unpaired) electrons. The maximum absolute atomic E-state index is 12.1. The predicted molar refractivity (Wildman–Crippen MR) is 97.5 cm³/mol. The number of rotatable bonds is 3. The molecule has 0 saturated carbocycles. The molecule has 25 heavy (non-hydrogen) atoms. The quantitative estimate of drug-likeness (QED) is 0.854. The van der Waals surface area contributed by atoms with Crippen LogP contribution in [0.4, 0.5) is 10.6 Å². The zero-order valence-corrected chi connectivity index (χ0v) is 15.0. The van der Waals surface area contributed by atoms with Crippen LogP contribution in [0.3, 0.4) is 0 Å². The van der Waals surface area contributed by atoms with Crippen LogP contribution in [0.25, 0.3) is 11.5 Å². The van der Waals surface area contributed by atoms with Gasteiger partial charge in [-0.2, -0.15) is 0 Å². The van der Waals surface area contributed by atoms with E-state index in [1.807, 2.05) is 29.2 Å². The molecule has 132 valence electrons. The van der Waals surface area contributed by atoms with Crippen molar-refractivity contribution in [2.75, 3.05) is 45.2 Å². The molecular weight excluding hydrogens is 316 g/mol. The molecule has 2 aromatic heterocycles. The zero-order chi connectivity index (χ0) is 17.8. The van der Waals surface area contributed by atoms with Gasteiger partial charge in [-0.05, 0) is 18.6 Å². The molecule has 1 saturated heterocycles. The van der Waals surface area contributed by atoms with Gasteiger partial charge in [0.05, 0.1) is 0 Å². The van der Waals surface area contributed by atoms with E-state index in [2.05, 4.69) is 21.8 Å². The Bertz CT molecular complexity index is 726. The van der Waals surface area contributed by atoms with Gasteiger partial charge in [0.15, 0.2) is 5.82 Å². The molecule has 1 aliphatic heterocycles. The van der Waals surface area contributed by atoms with Gasteiger partial charge in [-0.1, -0.05) is 13.0 Å². The number of hydrogen-bond donors (Lipinski definition) is 0. The van der Waals surface area contributed by atoms with Gasteiger partial charge < -0.3 is 14.7 Å². The predicted octanol–water partition coefficient (Wildman–Crippen LogP) is 1.90. The number of piperazine rings is 1. The van der Waals surface area contributed by atoms with Crippen LogP contribution < -0.4 is 4.90 Å². The van der Waals surface area contributed by atoms with E-state index in [9.17, 15) is 4.79 Å². The van der Waals surface area contributed by atoms with Gasteiger partial charge in [-0.15, -0.1) is 0 Å². The van der Waals surface area contributed by atoms with Crippen molar-refractivity contribution >= 4 is 11.8 Å². The first kappa shape index (κ1) is 17.1. The van der Waals surface area contributed by atoms with Gasteiger partial charge in [0, 0.05) is 58.2 Å². The second-order valence-electron chi connectivity index (χ2n) is 6.26. The maximum Gasteiger partial charge on any atom is 0.319 e. The first-order valence-corrected chi connectivity index (χ1v) is 8.59. The van der Waals surface area contributed by atoms with Crippen molar-refractivity contribution in [1.82, 2.24) is 24.8 Å². The van der Waals surface area contributed by atoms with E-state index in [1.54, 1.807) is 25.2 Å². The molecule has 0 aliphatic carbocycles. The number of aromatic nitrogens is 3. The minimum atomic E-state index is 0.0609. The first-order valence-electron chi connectivity index (χ1n) is 8.59. The molecule has 0 atom stereocenters. The Morgan fingerprint density at radius 1 is 1.16 bits per heavy atom. The average molecular weight is 340 g/mol. The lowest BCUT2D eigenvalue weighted by Gasteiger charge is -2.36. The van der Waals surface area contributed by atoms with Crippen molar-refractivity contribution in [3.8, 4) is 11.5 Å². The summed E-state index contributed by atoms with van der Waals surface area (Å²) in [7, 11) is 3.57. The highest BCUT2D eigenvalue weighted by Crippen LogP contribution is 2.20. The van der Waals surface area contributed by atoms with Crippen LogP contribution in [-0.4, -0.2) is 71.1 Å². The largest absolute Gasteiger partial charge is 0.353 e. The molecule has 0 unspecified atom stereocenters. The van der Waals surface area contributed by atoms with Gasteiger partial charge in [-0.25, -0.2) is 14.8 Å². The van der Waals surface area contributed by atoms with Crippen LogP contribution >= 0.6 is 0 Å². The Morgan fingerprint density at radius 2 is 1.92 bits per heavy atom. The van der Waals surface area contributed by atoms with Crippen LogP contribution in [0.5, 0.6) is 0 Å². The van der Waals surface area contributed by atoms with Crippen LogP contribution in [-0.2, 0) is 6.42 Å². The topological polar surface area (TPSA) is 65.5 Å². The Labute approximate surface area is 148 Å². The Balaban J connectivity index is 1.80. The molecule has 7 heteroatoms. The van der Waals surface area contributed by atoms with Crippen molar-refractivity contribution in [3.05, 3.63) is 36.2 Å². The molecule has 7 nitrogen and oxygen atoms in total. The standard InChI is InChI=1S/C18H24N6O/c1-4-14-13-16(21-17(20-14)15-7-5-6-8-19-15)23-9-11-24(12-10-23)18(25)22(2)3/h5-8,13H,4,9-12H2,1-3H3. The number of aryl methyl sites for hydroxylation is 1. The fourth-order valence-corrected chi connectivity index (χ4v) is 2.85. The van der Waals surface area contributed by atoms with Crippen molar-refractivity contribution in [1.29, 1.82) is 0 Å². The number of hydrogen-bond acceptors (Lipinski definition) is 5. The number of carbonyl (C=O) groups is 1. The fourth-order valence-electron chi connectivity index (χ4n) is 2.85. The van der Waals surface area contributed by atoms with Gasteiger partial charge in [0.2, 0.25) is 0 Å². The van der Waals surface area contributed by atoms with Gasteiger partial charge >= 0.3 is 6.03 Å². The lowest BCUT2D eigenvalue weighted by atomic mass is 10.2. The normalized spacial score (nSPS) is 14.5. The molecule has 3 heterocycles. The highest BCUT2D eigenvalue weighted by atomic mass is 16.2. The van der Waals surface area contributed by atoms with Crippen LogP contribution in [0, 0.1) is 0 Å². The number of pyridine rings is 1. The number of anilines is 1. The van der Waals surface area contributed by atoms with E-state index < -0.39 is 0 Å². The number of carbonyl (C=O) groups excluding carboxylic acids is 1. The fraction of sp³-hybridized carbons (Fsp3) is 0.444. The molecule has 0 aromatic carbocycles. The molecule has 0 spiro atoms. The number of amides is 2. The number of urea groups is 1. The summed E-state index contributed by atoms with van der Waals surface area (Å²) < 4.78 is 0. The molecule has 0 N–H and O–H groups in total. The second kappa shape index (κ2) is 7.46. The van der Waals surface area contributed by atoms with E-state index in [-0.39, 0.29) is 6.03 Å². The van der Waals surface area contributed by atoms with E-state index in [4.69, 9.17) is 4.98 Å². The highest BCUT2D eigenvalue weighted by molar-refractivity contribution is 5.74. The van der Waals surface area contributed by atoms with E-state index in [0.717, 1.165) is 36.7 Å². The van der Waals surface area contributed by atoms with Crippen LogP contribution in [0.15, 0.2) is 30.5 Å². The average Bonchev–Trinajstić information content (AvgIpc) is 2.67. The first-order chi connectivity index (χ1) is 12.1. The minimum Gasteiger partial charge on any atom is -0.353 e. The Hall–Kier alpha value is -2.70. The molecule has 2 amide bonds. The molecule has 3 rings (SSSR count). The summed E-state index contributed by atoms with van der Waals surface area (Å²) in [6.45, 7) is 5.01. The summed E-state index contributed by atoms with van der Waals surface area (Å²) in [5, 5.41) is 0. The molecule has 0 bridgehead atoms. The third-order valence-corrected chi connectivity index (χ3v) is 4.28. The third kappa shape index (κ3) is 3.87. The number of nitrogens with zero attached hydrogens (tertiary/aromatic N) is 6. The summed E-state index contributed by atoms with van der Waals surface area (Å²) in [5.74, 6) is 1.56. The monoisotopic (exact) mass is 340 g/mol. The van der Waals surface area contributed by atoms with Gasteiger partial charge in [0.25, 0.3) is 0 Å². The lowest BCUT2D eigenvalue weighted by Crippen LogP contribution is -2.51. The molecular formula is C18H24N6O. The van der Waals surface area contributed by atoms with Crippen molar-refractivity contribution in [3.63, 3.8) is 0 Å².